The number of para-hydroxylation sites is 1. The van der Waals surface area contributed by atoms with Gasteiger partial charge in [0, 0.05) is 18.2 Å². The van der Waals surface area contributed by atoms with E-state index in [1.54, 1.807) is 13.4 Å². The minimum atomic E-state index is -0.555. The molecule has 1 fully saturated rings. The number of benzene rings is 2. The molecule has 2 aromatic heterocycles. The van der Waals surface area contributed by atoms with Crippen molar-refractivity contribution in [2.75, 3.05) is 7.11 Å². The number of ether oxygens (including phenoxy) is 1. The Morgan fingerprint density at radius 2 is 1.75 bits per heavy atom. The molecule has 0 aliphatic heterocycles. The van der Waals surface area contributed by atoms with Crippen LogP contribution < -0.4 is 21.3 Å². The van der Waals surface area contributed by atoms with E-state index in [2.05, 4.69) is 10.3 Å². The Bertz CT molecular complexity index is 1500. The van der Waals surface area contributed by atoms with Crippen LogP contribution >= 0.6 is 0 Å². The molecule has 0 saturated heterocycles. The van der Waals surface area contributed by atoms with E-state index >= 15 is 0 Å². The number of amides is 1. The molecule has 1 amide bonds. The molecule has 0 spiro atoms. The van der Waals surface area contributed by atoms with Crippen molar-refractivity contribution >= 4 is 17.1 Å². The molecule has 1 aliphatic carbocycles. The number of nitrogens with one attached hydrogen (secondary N) is 1. The van der Waals surface area contributed by atoms with Crippen molar-refractivity contribution in [3.8, 4) is 5.75 Å². The Morgan fingerprint density at radius 3 is 2.50 bits per heavy atom. The largest absolute Gasteiger partial charge is 0.496 e. The molecule has 0 unspecified atom stereocenters. The van der Waals surface area contributed by atoms with E-state index in [1.807, 2.05) is 59.2 Å². The summed E-state index contributed by atoms with van der Waals surface area (Å²) in [4.78, 5) is 44.5. The summed E-state index contributed by atoms with van der Waals surface area (Å²) in [5.41, 5.74) is 1.39. The maximum absolute atomic E-state index is 13.6. The maximum Gasteiger partial charge on any atom is 0.333 e. The minimum Gasteiger partial charge on any atom is -0.496 e. The number of hydrogen-bond acceptors (Lipinski definition) is 5. The van der Waals surface area contributed by atoms with Gasteiger partial charge in [-0.2, -0.15) is 0 Å². The monoisotopic (exact) mass is 487 g/mol. The second-order valence-electron chi connectivity index (χ2n) is 9.10. The smallest absolute Gasteiger partial charge is 0.333 e. The summed E-state index contributed by atoms with van der Waals surface area (Å²) in [6.07, 6.45) is 5.76. The van der Waals surface area contributed by atoms with Gasteiger partial charge < -0.3 is 14.6 Å². The minimum absolute atomic E-state index is 0.165. The summed E-state index contributed by atoms with van der Waals surface area (Å²) >= 11 is 0. The van der Waals surface area contributed by atoms with E-state index in [9.17, 15) is 14.4 Å². The van der Waals surface area contributed by atoms with Gasteiger partial charge in [-0.15, -0.1) is 0 Å². The van der Waals surface area contributed by atoms with Crippen LogP contribution in [0.3, 0.4) is 0 Å². The number of imidazole rings is 1. The summed E-state index contributed by atoms with van der Waals surface area (Å²) in [5, 5.41) is 2.81. The second-order valence-corrected chi connectivity index (χ2v) is 9.10. The fraction of sp³-hybridized carbons (Fsp3) is 0.333. The molecule has 1 N–H and O–H groups in total. The summed E-state index contributed by atoms with van der Waals surface area (Å²) in [6, 6.07) is 17.1. The lowest BCUT2D eigenvalue weighted by atomic mass is 10.2. The first-order valence-electron chi connectivity index (χ1n) is 12.2. The average Bonchev–Trinajstić information content (AvgIpc) is 3.59. The molecule has 4 aromatic rings. The van der Waals surface area contributed by atoms with Crippen LogP contribution in [-0.4, -0.2) is 31.7 Å². The van der Waals surface area contributed by atoms with Crippen LogP contribution in [0.1, 0.15) is 42.9 Å². The Hall–Kier alpha value is -4.14. The highest BCUT2D eigenvalue weighted by atomic mass is 16.5. The zero-order chi connectivity index (χ0) is 25.1. The molecular formula is C27H29N5O4. The van der Waals surface area contributed by atoms with Gasteiger partial charge in [-0.3, -0.25) is 14.2 Å². The molecule has 186 valence electrons. The van der Waals surface area contributed by atoms with E-state index < -0.39 is 17.2 Å². The lowest BCUT2D eigenvalue weighted by Gasteiger charge is -2.15. The van der Waals surface area contributed by atoms with Crippen molar-refractivity contribution in [2.24, 2.45) is 0 Å². The summed E-state index contributed by atoms with van der Waals surface area (Å²) in [7, 11) is 1.57. The van der Waals surface area contributed by atoms with Gasteiger partial charge in [0.05, 0.1) is 20.0 Å². The van der Waals surface area contributed by atoms with E-state index in [-0.39, 0.29) is 25.7 Å². The number of hydrogen-bond donors (Lipinski definition) is 1. The van der Waals surface area contributed by atoms with Crippen molar-refractivity contribution < 1.29 is 9.53 Å². The van der Waals surface area contributed by atoms with Gasteiger partial charge in [0.15, 0.2) is 11.2 Å². The first-order chi connectivity index (χ1) is 17.6. The van der Waals surface area contributed by atoms with Crippen molar-refractivity contribution in [3.05, 3.63) is 92.9 Å². The number of methoxy groups -OCH3 is 1. The van der Waals surface area contributed by atoms with Crippen molar-refractivity contribution in [2.45, 2.75) is 51.4 Å². The summed E-state index contributed by atoms with van der Waals surface area (Å²) in [6.45, 7) is 0.0897. The fourth-order valence-corrected chi connectivity index (χ4v) is 4.96. The normalized spacial score (nSPS) is 13.8. The number of fused-ring (bicyclic) bond motifs is 1. The van der Waals surface area contributed by atoms with Gasteiger partial charge in [0.1, 0.15) is 12.3 Å². The lowest BCUT2D eigenvalue weighted by Crippen LogP contribution is -2.44. The predicted octanol–water partition coefficient (Wildman–Crippen LogP) is 2.85. The zero-order valence-corrected chi connectivity index (χ0v) is 20.2. The van der Waals surface area contributed by atoms with Crippen LogP contribution in [0.4, 0.5) is 0 Å². The molecule has 0 bridgehead atoms. The summed E-state index contributed by atoms with van der Waals surface area (Å²) < 4.78 is 9.75. The molecule has 2 aromatic carbocycles. The first kappa shape index (κ1) is 23.6. The van der Waals surface area contributed by atoms with Gasteiger partial charge in [-0.05, 0) is 24.5 Å². The third-order valence-corrected chi connectivity index (χ3v) is 6.81. The lowest BCUT2D eigenvalue weighted by molar-refractivity contribution is -0.121. The molecule has 5 rings (SSSR count). The van der Waals surface area contributed by atoms with E-state index in [0.717, 1.165) is 41.4 Å². The number of aromatic nitrogens is 4. The molecule has 0 radical (unpaired) electrons. The number of rotatable bonds is 8. The number of carbonyl (C=O) groups is 1. The molecule has 1 saturated carbocycles. The molecule has 9 heteroatoms. The van der Waals surface area contributed by atoms with Crippen LogP contribution in [0, 0.1) is 0 Å². The fourth-order valence-electron chi connectivity index (χ4n) is 4.96. The first-order valence-corrected chi connectivity index (χ1v) is 12.2. The van der Waals surface area contributed by atoms with Gasteiger partial charge >= 0.3 is 5.69 Å². The molecule has 9 nitrogen and oxygen atoms in total. The molecule has 2 heterocycles. The van der Waals surface area contributed by atoms with E-state index in [4.69, 9.17) is 4.74 Å². The van der Waals surface area contributed by atoms with Gasteiger partial charge in [0.2, 0.25) is 5.91 Å². The SMILES string of the molecule is COc1ccccc1CNC(=O)Cn1c(=O)c2c(ncn2C2CCCC2)n(Cc2ccccc2)c1=O. The summed E-state index contributed by atoms with van der Waals surface area (Å²) in [5.74, 6) is 0.222. The van der Waals surface area contributed by atoms with Crippen LogP contribution in [-0.2, 0) is 24.4 Å². The molecular weight excluding hydrogens is 458 g/mol. The third-order valence-electron chi connectivity index (χ3n) is 6.81. The van der Waals surface area contributed by atoms with Gasteiger partial charge in [-0.25, -0.2) is 14.3 Å². The van der Waals surface area contributed by atoms with Crippen molar-refractivity contribution in [1.82, 2.24) is 24.0 Å². The third kappa shape index (κ3) is 4.56. The Morgan fingerprint density at radius 1 is 1.03 bits per heavy atom. The highest BCUT2D eigenvalue weighted by Crippen LogP contribution is 2.31. The van der Waals surface area contributed by atoms with E-state index in [1.165, 1.54) is 4.57 Å². The number of nitrogens with zero attached hydrogens (tertiary/aromatic N) is 4. The Kier molecular flexibility index (Phi) is 6.71. The van der Waals surface area contributed by atoms with Crippen molar-refractivity contribution in [3.63, 3.8) is 0 Å². The number of carbonyl (C=O) groups excluding carboxylic acids is 1. The molecule has 0 atom stereocenters. The highest BCUT2D eigenvalue weighted by molar-refractivity contribution is 5.76. The Labute approximate surface area is 208 Å². The highest BCUT2D eigenvalue weighted by Gasteiger charge is 2.25. The van der Waals surface area contributed by atoms with Crippen molar-refractivity contribution in [1.29, 1.82) is 0 Å². The standard InChI is InChI=1S/C27H29N5O4/c1-36-22-14-8-5-11-20(22)15-28-23(33)17-31-26(34)24-25(29-18-32(24)21-12-6-7-13-21)30(27(31)35)16-19-9-3-2-4-10-19/h2-5,8-11,14,18,21H,6-7,12-13,15-17H2,1H3,(H,28,33). The second kappa shape index (κ2) is 10.2. The topological polar surface area (TPSA) is 100 Å². The maximum atomic E-state index is 13.6. The van der Waals surface area contributed by atoms with Gasteiger partial charge in [-0.1, -0.05) is 61.4 Å². The predicted molar refractivity (Wildman–Crippen MR) is 136 cm³/mol. The van der Waals surface area contributed by atoms with E-state index in [0.29, 0.717) is 16.9 Å². The van der Waals surface area contributed by atoms with Crippen LogP contribution in [0.25, 0.3) is 11.2 Å². The van der Waals surface area contributed by atoms with Crippen LogP contribution in [0.15, 0.2) is 70.5 Å². The molecule has 1 aliphatic rings. The molecule has 36 heavy (non-hydrogen) atoms. The van der Waals surface area contributed by atoms with Gasteiger partial charge in [0.25, 0.3) is 5.56 Å². The average molecular weight is 488 g/mol. The Balaban J connectivity index is 1.52. The quantitative estimate of drug-likeness (QED) is 0.412. The zero-order valence-electron chi connectivity index (χ0n) is 20.2. The van der Waals surface area contributed by atoms with Crippen LogP contribution in [0.5, 0.6) is 5.75 Å². The van der Waals surface area contributed by atoms with Crippen LogP contribution in [0.2, 0.25) is 0 Å².